The summed E-state index contributed by atoms with van der Waals surface area (Å²) in [5.74, 6) is 0.181. The van der Waals surface area contributed by atoms with Gasteiger partial charge in [-0.3, -0.25) is 0 Å². The first-order valence-corrected chi connectivity index (χ1v) is 3.29. The van der Waals surface area contributed by atoms with Crippen molar-refractivity contribution in [2.45, 2.75) is 26.2 Å². The molecule has 2 N–H and O–H groups in total. The lowest BCUT2D eigenvalue weighted by atomic mass is 9.71. The normalized spacial score (nSPS) is 16.9. The quantitative estimate of drug-likeness (QED) is 0.530. The summed E-state index contributed by atoms with van der Waals surface area (Å²) in [6.45, 7) is 3.73. The largest absolute Gasteiger partial charge is 0.394 e. The van der Waals surface area contributed by atoms with Crippen LogP contribution < -0.4 is 0 Å². The topological polar surface area (TPSA) is 40.5 Å². The summed E-state index contributed by atoms with van der Waals surface area (Å²) in [4.78, 5) is 0. The molecule has 0 saturated heterocycles. The monoisotopic (exact) mass is 129 g/mol. The van der Waals surface area contributed by atoms with Gasteiger partial charge in [-0.1, -0.05) is 20.1 Å². The highest BCUT2D eigenvalue weighted by molar-refractivity contribution is 6.33. The molecule has 0 aliphatic rings. The van der Waals surface area contributed by atoms with Crippen LogP contribution in [0.15, 0.2) is 0 Å². The van der Waals surface area contributed by atoms with Crippen molar-refractivity contribution in [2.24, 2.45) is 5.92 Å². The lowest BCUT2D eigenvalue weighted by Crippen LogP contribution is -2.22. The van der Waals surface area contributed by atoms with Gasteiger partial charge in [0.1, 0.15) is 7.28 Å². The van der Waals surface area contributed by atoms with E-state index in [4.69, 9.17) is 10.2 Å². The Morgan fingerprint density at radius 2 is 2.11 bits per heavy atom. The maximum Gasteiger partial charge on any atom is 0.106 e. The number of hydrogen-bond donors (Lipinski definition) is 2. The van der Waals surface area contributed by atoms with Gasteiger partial charge in [0.05, 0.1) is 12.7 Å². The standard InChI is InChI=1S/C6H14BO2/c1-5(3-7-2)6(9)4-8/h5-6,8-9H,3-4H2,1-2H3. The van der Waals surface area contributed by atoms with Gasteiger partial charge in [0, 0.05) is 0 Å². The second-order valence-corrected chi connectivity index (χ2v) is 2.37. The highest BCUT2D eigenvalue weighted by atomic mass is 16.3. The van der Waals surface area contributed by atoms with Gasteiger partial charge in [0.2, 0.25) is 0 Å². The molecule has 3 heteroatoms. The number of aliphatic hydroxyl groups excluding tert-OH is 2. The van der Waals surface area contributed by atoms with E-state index < -0.39 is 6.10 Å². The van der Waals surface area contributed by atoms with Crippen molar-refractivity contribution >= 4 is 7.28 Å². The molecule has 1 radical (unpaired) electrons. The molecule has 0 amide bonds. The Bertz CT molecular complexity index is 68.1. The third kappa shape index (κ3) is 3.54. The molecule has 0 aliphatic carbocycles. The Hall–Kier alpha value is -0.0151. The molecule has 9 heavy (non-hydrogen) atoms. The molecule has 0 heterocycles. The molecule has 0 spiro atoms. The molecule has 0 rings (SSSR count). The van der Waals surface area contributed by atoms with E-state index in [2.05, 4.69) is 0 Å². The summed E-state index contributed by atoms with van der Waals surface area (Å²) in [6.07, 6.45) is 0.308. The minimum absolute atomic E-state index is 0.130. The van der Waals surface area contributed by atoms with Crippen molar-refractivity contribution in [3.05, 3.63) is 0 Å². The van der Waals surface area contributed by atoms with Crippen LogP contribution >= 0.6 is 0 Å². The van der Waals surface area contributed by atoms with E-state index in [0.717, 1.165) is 6.32 Å². The second kappa shape index (κ2) is 4.83. The Balaban J connectivity index is 3.32. The fourth-order valence-corrected chi connectivity index (χ4v) is 0.709. The highest BCUT2D eigenvalue weighted by Gasteiger charge is 2.10. The number of aliphatic hydroxyl groups is 2. The zero-order valence-corrected chi connectivity index (χ0v) is 6.04. The van der Waals surface area contributed by atoms with Gasteiger partial charge in [-0.25, -0.2) is 0 Å². The zero-order chi connectivity index (χ0) is 7.28. The van der Waals surface area contributed by atoms with Crippen LogP contribution in [0.1, 0.15) is 6.92 Å². The van der Waals surface area contributed by atoms with Crippen LogP contribution in [0.2, 0.25) is 13.1 Å². The van der Waals surface area contributed by atoms with Crippen LogP contribution in [-0.2, 0) is 0 Å². The van der Waals surface area contributed by atoms with Crippen LogP contribution in [0, 0.1) is 5.92 Å². The Morgan fingerprint density at radius 3 is 2.44 bits per heavy atom. The minimum atomic E-state index is -0.554. The summed E-state index contributed by atoms with van der Waals surface area (Å²) < 4.78 is 0. The molecule has 53 valence electrons. The van der Waals surface area contributed by atoms with E-state index in [1.807, 2.05) is 21.0 Å². The predicted molar refractivity (Wildman–Crippen MR) is 38.7 cm³/mol. The summed E-state index contributed by atoms with van der Waals surface area (Å²) in [6, 6.07) is 0. The maximum atomic E-state index is 8.99. The van der Waals surface area contributed by atoms with Crippen LogP contribution in [0.5, 0.6) is 0 Å². The van der Waals surface area contributed by atoms with Gasteiger partial charge in [0.15, 0.2) is 0 Å². The molecule has 2 atom stereocenters. The van der Waals surface area contributed by atoms with Gasteiger partial charge in [0.25, 0.3) is 0 Å². The average Bonchev–Trinajstić information content (AvgIpc) is 1.87. The Kier molecular flexibility index (Phi) is 4.82. The van der Waals surface area contributed by atoms with Gasteiger partial charge < -0.3 is 10.2 Å². The van der Waals surface area contributed by atoms with Crippen molar-refractivity contribution in [2.75, 3.05) is 6.61 Å². The molecular weight excluding hydrogens is 115 g/mol. The fourth-order valence-electron chi connectivity index (χ4n) is 0.709. The van der Waals surface area contributed by atoms with Crippen LogP contribution in [0.4, 0.5) is 0 Å². The van der Waals surface area contributed by atoms with Crippen molar-refractivity contribution in [3.63, 3.8) is 0 Å². The first kappa shape index (κ1) is 8.98. The van der Waals surface area contributed by atoms with Gasteiger partial charge >= 0.3 is 0 Å². The molecule has 0 aliphatic heterocycles. The summed E-state index contributed by atoms with van der Waals surface area (Å²) in [7, 11) is 1.99. The first-order valence-electron chi connectivity index (χ1n) is 3.29. The molecule has 0 aromatic carbocycles. The van der Waals surface area contributed by atoms with Crippen molar-refractivity contribution in [3.8, 4) is 0 Å². The van der Waals surface area contributed by atoms with E-state index in [0.29, 0.717) is 0 Å². The third-order valence-electron chi connectivity index (χ3n) is 1.45. The molecule has 0 fully saturated rings. The molecule has 2 nitrogen and oxygen atoms in total. The van der Waals surface area contributed by atoms with Gasteiger partial charge in [-0.2, -0.15) is 0 Å². The van der Waals surface area contributed by atoms with Gasteiger partial charge in [-0.15, -0.1) is 0 Å². The third-order valence-corrected chi connectivity index (χ3v) is 1.45. The Morgan fingerprint density at radius 1 is 1.56 bits per heavy atom. The van der Waals surface area contributed by atoms with E-state index >= 15 is 0 Å². The van der Waals surface area contributed by atoms with Crippen LogP contribution in [0.3, 0.4) is 0 Å². The molecular formula is C6H14BO2. The molecule has 0 saturated carbocycles. The summed E-state index contributed by atoms with van der Waals surface area (Å²) in [5.41, 5.74) is 0. The number of rotatable bonds is 4. The Labute approximate surface area is 57.1 Å². The second-order valence-electron chi connectivity index (χ2n) is 2.37. The van der Waals surface area contributed by atoms with Crippen molar-refractivity contribution < 1.29 is 10.2 Å². The summed E-state index contributed by atoms with van der Waals surface area (Å²) in [5, 5.41) is 17.5. The molecule has 0 bridgehead atoms. The maximum absolute atomic E-state index is 8.99. The minimum Gasteiger partial charge on any atom is -0.394 e. The molecule has 2 unspecified atom stereocenters. The predicted octanol–water partition coefficient (Wildman–Crippen LogP) is 0.146. The SMILES string of the molecule is C[B]CC(C)C(O)CO. The smallest absolute Gasteiger partial charge is 0.106 e. The molecule has 0 aromatic heterocycles. The summed E-state index contributed by atoms with van der Waals surface area (Å²) >= 11 is 0. The van der Waals surface area contributed by atoms with Crippen molar-refractivity contribution in [1.29, 1.82) is 0 Å². The first-order chi connectivity index (χ1) is 4.22. The number of hydrogen-bond acceptors (Lipinski definition) is 2. The highest BCUT2D eigenvalue weighted by Crippen LogP contribution is 2.06. The van der Waals surface area contributed by atoms with E-state index in [1.54, 1.807) is 0 Å². The fraction of sp³-hybridized carbons (Fsp3) is 1.00. The van der Waals surface area contributed by atoms with Crippen LogP contribution in [-0.4, -0.2) is 30.2 Å². The van der Waals surface area contributed by atoms with E-state index in [1.165, 1.54) is 0 Å². The zero-order valence-electron chi connectivity index (χ0n) is 6.04. The van der Waals surface area contributed by atoms with E-state index in [9.17, 15) is 0 Å². The van der Waals surface area contributed by atoms with Gasteiger partial charge in [-0.05, 0) is 5.92 Å². The van der Waals surface area contributed by atoms with Crippen LogP contribution in [0.25, 0.3) is 0 Å². The lowest BCUT2D eigenvalue weighted by Gasteiger charge is -2.14. The lowest BCUT2D eigenvalue weighted by molar-refractivity contribution is 0.0597. The van der Waals surface area contributed by atoms with Crippen molar-refractivity contribution in [1.82, 2.24) is 0 Å². The molecule has 0 aromatic rings. The van der Waals surface area contributed by atoms with E-state index in [-0.39, 0.29) is 12.5 Å². The average molecular weight is 129 g/mol.